The van der Waals surface area contributed by atoms with Gasteiger partial charge in [0.2, 0.25) is 11.8 Å². The second-order valence-corrected chi connectivity index (χ2v) is 8.13. The smallest absolute Gasteiger partial charge is 0.333 e. The number of thioether (sulfide) groups is 1. The molecule has 8 nitrogen and oxygen atoms in total. The van der Waals surface area contributed by atoms with Crippen molar-refractivity contribution in [3.8, 4) is 5.88 Å². The number of benzene rings is 2. The van der Waals surface area contributed by atoms with Gasteiger partial charge in [0.1, 0.15) is 22.2 Å². The second-order valence-electron chi connectivity index (χ2n) is 6.76. The minimum atomic E-state index is -0.824. The predicted molar refractivity (Wildman–Crippen MR) is 124 cm³/mol. The summed E-state index contributed by atoms with van der Waals surface area (Å²) in [6, 6.07) is 8.67. The lowest BCUT2D eigenvalue weighted by molar-refractivity contribution is -0.113. The van der Waals surface area contributed by atoms with Gasteiger partial charge in [0.25, 0.3) is 5.56 Å². The molecule has 0 atom stereocenters. The first kappa shape index (κ1) is 24.2. The molecule has 0 saturated heterocycles. The molecule has 0 unspecified atom stereocenters. The first-order valence-corrected chi connectivity index (χ1v) is 10.7. The van der Waals surface area contributed by atoms with Crippen molar-refractivity contribution in [3.63, 3.8) is 0 Å². The minimum Gasteiger partial charge on any atom is -0.494 e. The maximum Gasteiger partial charge on any atom is 0.333 e. The summed E-state index contributed by atoms with van der Waals surface area (Å²) in [5.41, 5.74) is -1.37. The Morgan fingerprint density at radius 2 is 1.79 bits per heavy atom. The molecule has 2 aromatic carbocycles. The highest BCUT2D eigenvalue weighted by Crippen LogP contribution is 2.24. The van der Waals surface area contributed by atoms with Crippen molar-refractivity contribution in [2.75, 3.05) is 11.1 Å². The van der Waals surface area contributed by atoms with Crippen LogP contribution in [0.15, 0.2) is 57.0 Å². The van der Waals surface area contributed by atoms with Crippen LogP contribution in [-0.2, 0) is 18.9 Å². The highest BCUT2D eigenvalue weighted by atomic mass is 35.5. The standard InChI is InChI=1S/C21H17ClF2N4O4S/c1-27-19(30)17(20(31)28(2)21(27)32)18(26-12-5-3-11(23)4-6-12)33-10-16(29)25-13-7-8-15(24)14(22)9-13/h3-9,30H,10H2,1-2H3,(H,25,29). The van der Waals surface area contributed by atoms with Gasteiger partial charge in [-0.05, 0) is 42.5 Å². The van der Waals surface area contributed by atoms with Gasteiger partial charge in [-0.2, -0.15) is 0 Å². The fourth-order valence-electron chi connectivity index (χ4n) is 2.72. The molecule has 3 rings (SSSR count). The van der Waals surface area contributed by atoms with Gasteiger partial charge in [-0.1, -0.05) is 23.4 Å². The monoisotopic (exact) mass is 494 g/mol. The summed E-state index contributed by atoms with van der Waals surface area (Å²) in [5, 5.41) is 12.8. The number of aromatic nitrogens is 2. The van der Waals surface area contributed by atoms with Crippen molar-refractivity contribution in [2.24, 2.45) is 19.1 Å². The van der Waals surface area contributed by atoms with Crippen LogP contribution >= 0.6 is 23.4 Å². The van der Waals surface area contributed by atoms with Crippen LogP contribution < -0.4 is 16.6 Å². The molecule has 0 fully saturated rings. The largest absolute Gasteiger partial charge is 0.494 e. The Morgan fingerprint density at radius 3 is 2.42 bits per heavy atom. The van der Waals surface area contributed by atoms with Crippen LogP contribution in [0, 0.1) is 11.6 Å². The molecule has 0 saturated carbocycles. The molecule has 1 aromatic heterocycles. The number of hydrogen-bond acceptors (Lipinski definition) is 6. The summed E-state index contributed by atoms with van der Waals surface area (Å²) < 4.78 is 28.2. The number of carbonyl (C=O) groups is 1. The predicted octanol–water partition coefficient (Wildman–Crippen LogP) is 3.17. The molecule has 0 aliphatic heterocycles. The molecule has 0 spiro atoms. The summed E-state index contributed by atoms with van der Waals surface area (Å²) in [4.78, 5) is 41.5. The lowest BCUT2D eigenvalue weighted by Crippen LogP contribution is -2.39. The van der Waals surface area contributed by atoms with E-state index in [-0.39, 0.29) is 32.8 Å². The summed E-state index contributed by atoms with van der Waals surface area (Å²) in [7, 11) is 2.50. The maximum absolute atomic E-state index is 13.3. The van der Waals surface area contributed by atoms with E-state index in [9.17, 15) is 28.3 Å². The molecule has 2 N–H and O–H groups in total. The van der Waals surface area contributed by atoms with Gasteiger partial charge in [-0.25, -0.2) is 18.6 Å². The molecule has 33 heavy (non-hydrogen) atoms. The van der Waals surface area contributed by atoms with E-state index in [0.29, 0.717) is 0 Å². The summed E-state index contributed by atoms with van der Waals surface area (Å²) in [6.07, 6.45) is 0. The number of nitrogens with zero attached hydrogens (tertiary/aromatic N) is 3. The fraction of sp³-hybridized carbons (Fsp3) is 0.143. The van der Waals surface area contributed by atoms with Crippen LogP contribution in [0.25, 0.3) is 0 Å². The lowest BCUT2D eigenvalue weighted by Gasteiger charge is -2.12. The van der Waals surface area contributed by atoms with Crippen molar-refractivity contribution < 1.29 is 18.7 Å². The van der Waals surface area contributed by atoms with Crippen LogP contribution in [0.4, 0.5) is 20.2 Å². The summed E-state index contributed by atoms with van der Waals surface area (Å²) >= 11 is 6.52. The first-order chi connectivity index (χ1) is 15.6. The summed E-state index contributed by atoms with van der Waals surface area (Å²) in [6.45, 7) is 0. The van der Waals surface area contributed by atoms with Gasteiger partial charge in [0.05, 0.1) is 16.5 Å². The van der Waals surface area contributed by atoms with Crippen molar-refractivity contribution >= 4 is 45.7 Å². The number of aliphatic imine (C=N–C) groups is 1. The molecule has 1 heterocycles. The Kier molecular flexibility index (Phi) is 7.34. The zero-order chi connectivity index (χ0) is 24.3. The number of nitrogens with one attached hydrogen (secondary N) is 1. The zero-order valence-electron chi connectivity index (χ0n) is 17.3. The number of anilines is 1. The summed E-state index contributed by atoms with van der Waals surface area (Å²) in [5.74, 6) is -2.57. The number of carbonyl (C=O) groups excluding carboxylic acids is 1. The Morgan fingerprint density at radius 1 is 1.12 bits per heavy atom. The van der Waals surface area contributed by atoms with E-state index in [1.54, 1.807) is 0 Å². The van der Waals surface area contributed by atoms with Crippen molar-refractivity contribution in [3.05, 3.63) is 85.5 Å². The Bertz CT molecular complexity index is 1370. The minimum absolute atomic E-state index is 0.0670. The van der Waals surface area contributed by atoms with E-state index >= 15 is 0 Å². The molecule has 0 aliphatic rings. The van der Waals surface area contributed by atoms with Gasteiger partial charge >= 0.3 is 5.69 Å². The van der Waals surface area contributed by atoms with E-state index in [1.807, 2.05) is 0 Å². The SMILES string of the molecule is Cn1c(O)c(C(=Nc2ccc(F)cc2)SCC(=O)Nc2ccc(F)c(Cl)c2)c(=O)n(C)c1=O. The quantitative estimate of drug-likeness (QED) is 0.418. The Labute approximate surface area is 195 Å². The zero-order valence-corrected chi connectivity index (χ0v) is 18.9. The molecular formula is C21H17ClF2N4O4S. The first-order valence-electron chi connectivity index (χ1n) is 9.29. The molecule has 3 aromatic rings. The van der Waals surface area contributed by atoms with Gasteiger partial charge in [-0.15, -0.1) is 0 Å². The van der Waals surface area contributed by atoms with Gasteiger partial charge in [0, 0.05) is 19.8 Å². The van der Waals surface area contributed by atoms with Crippen LogP contribution in [-0.4, -0.2) is 30.9 Å². The number of rotatable bonds is 5. The third-order valence-corrected chi connectivity index (χ3v) is 5.71. The Balaban J connectivity index is 1.96. The van der Waals surface area contributed by atoms with E-state index < -0.39 is 34.7 Å². The van der Waals surface area contributed by atoms with E-state index in [2.05, 4.69) is 10.3 Å². The fourth-order valence-corrected chi connectivity index (χ4v) is 3.73. The van der Waals surface area contributed by atoms with E-state index in [1.165, 1.54) is 38.4 Å². The number of halogens is 3. The van der Waals surface area contributed by atoms with Crippen LogP contribution in [0.2, 0.25) is 5.02 Å². The topological polar surface area (TPSA) is 106 Å². The number of hydrogen-bond donors (Lipinski definition) is 2. The van der Waals surface area contributed by atoms with Gasteiger partial charge in [0.15, 0.2) is 0 Å². The molecule has 0 bridgehead atoms. The number of amides is 1. The van der Waals surface area contributed by atoms with Gasteiger partial charge < -0.3 is 10.4 Å². The second kappa shape index (κ2) is 10.0. The molecule has 0 radical (unpaired) electrons. The van der Waals surface area contributed by atoms with E-state index in [0.717, 1.165) is 39.1 Å². The molecular weight excluding hydrogens is 478 g/mol. The lowest BCUT2D eigenvalue weighted by atomic mass is 10.3. The number of aromatic hydroxyl groups is 1. The van der Waals surface area contributed by atoms with E-state index in [4.69, 9.17) is 11.6 Å². The van der Waals surface area contributed by atoms with Crippen molar-refractivity contribution in [1.29, 1.82) is 0 Å². The maximum atomic E-state index is 13.3. The Hall–Kier alpha value is -3.44. The van der Waals surface area contributed by atoms with Gasteiger partial charge in [-0.3, -0.25) is 18.7 Å². The molecule has 172 valence electrons. The average Bonchev–Trinajstić information content (AvgIpc) is 2.78. The molecule has 0 aliphatic carbocycles. The van der Waals surface area contributed by atoms with Crippen molar-refractivity contribution in [1.82, 2.24) is 9.13 Å². The van der Waals surface area contributed by atoms with Crippen LogP contribution in [0.1, 0.15) is 5.56 Å². The average molecular weight is 495 g/mol. The molecule has 12 heteroatoms. The van der Waals surface area contributed by atoms with Crippen molar-refractivity contribution in [2.45, 2.75) is 0 Å². The van der Waals surface area contributed by atoms with Crippen LogP contribution in [0.5, 0.6) is 5.88 Å². The third-order valence-electron chi connectivity index (χ3n) is 4.45. The highest BCUT2D eigenvalue weighted by Gasteiger charge is 2.22. The third kappa shape index (κ3) is 5.49. The highest BCUT2D eigenvalue weighted by molar-refractivity contribution is 8.15. The normalized spacial score (nSPS) is 11.5. The van der Waals surface area contributed by atoms with Crippen LogP contribution in [0.3, 0.4) is 0 Å². The molecule has 1 amide bonds.